The number of carbonyl (C=O) groups is 2. The van der Waals surface area contributed by atoms with Gasteiger partial charge >= 0.3 is 0 Å². The summed E-state index contributed by atoms with van der Waals surface area (Å²) in [6, 6.07) is 28.2. The number of para-hydroxylation sites is 2. The molecule has 0 aliphatic rings. The average molecular weight is 458 g/mol. The highest BCUT2D eigenvalue weighted by Gasteiger charge is 2.16. The zero-order valence-electron chi connectivity index (χ0n) is 17.8. The fraction of sp³-hybridized carbons (Fsp3) is 0.120. The molecule has 7 nitrogen and oxygen atoms in total. The molecule has 1 aromatic heterocycles. The standard InChI is InChI=1S/C25H23N5O2S/c31-23(27-20-12-6-2-7-13-20)18-33-25-29-28-22(30(25)21-14-8-3-9-15-21)16-17-26-24(32)19-10-4-1-5-11-19/h1-15H,16-18H2,(H,26,32)(H,27,31). The zero-order valence-corrected chi connectivity index (χ0v) is 18.7. The zero-order chi connectivity index (χ0) is 22.9. The number of nitrogens with zero attached hydrogens (tertiary/aromatic N) is 3. The molecule has 0 atom stereocenters. The van der Waals surface area contributed by atoms with E-state index in [-0.39, 0.29) is 17.6 Å². The van der Waals surface area contributed by atoms with Gasteiger partial charge in [-0.3, -0.25) is 14.2 Å². The SMILES string of the molecule is O=C(CSc1nnc(CCNC(=O)c2ccccc2)n1-c1ccccc1)Nc1ccccc1. The largest absolute Gasteiger partial charge is 0.352 e. The highest BCUT2D eigenvalue weighted by atomic mass is 32.2. The molecule has 0 aliphatic carbocycles. The highest BCUT2D eigenvalue weighted by molar-refractivity contribution is 7.99. The summed E-state index contributed by atoms with van der Waals surface area (Å²) < 4.78 is 1.93. The maximum Gasteiger partial charge on any atom is 0.251 e. The van der Waals surface area contributed by atoms with Crippen molar-refractivity contribution in [2.24, 2.45) is 0 Å². The third kappa shape index (κ3) is 6.08. The van der Waals surface area contributed by atoms with Crippen LogP contribution in [0.2, 0.25) is 0 Å². The lowest BCUT2D eigenvalue weighted by molar-refractivity contribution is -0.113. The molecule has 8 heteroatoms. The van der Waals surface area contributed by atoms with E-state index in [0.717, 1.165) is 11.4 Å². The molecule has 0 bridgehead atoms. The summed E-state index contributed by atoms with van der Waals surface area (Å²) in [6.45, 7) is 0.415. The lowest BCUT2D eigenvalue weighted by atomic mass is 10.2. The van der Waals surface area contributed by atoms with Gasteiger partial charge in [0.1, 0.15) is 5.82 Å². The van der Waals surface area contributed by atoms with Crippen molar-refractivity contribution in [2.45, 2.75) is 11.6 Å². The Bertz CT molecular complexity index is 1200. The van der Waals surface area contributed by atoms with Gasteiger partial charge in [0.15, 0.2) is 5.16 Å². The van der Waals surface area contributed by atoms with E-state index < -0.39 is 0 Å². The summed E-state index contributed by atoms with van der Waals surface area (Å²) in [5, 5.41) is 15.1. The molecular weight excluding hydrogens is 434 g/mol. The number of thioether (sulfide) groups is 1. The first-order valence-electron chi connectivity index (χ1n) is 10.5. The minimum atomic E-state index is -0.131. The molecule has 0 saturated heterocycles. The van der Waals surface area contributed by atoms with Crippen LogP contribution in [-0.2, 0) is 11.2 Å². The smallest absolute Gasteiger partial charge is 0.251 e. The Labute approximate surface area is 196 Å². The van der Waals surface area contributed by atoms with E-state index in [0.29, 0.717) is 29.5 Å². The van der Waals surface area contributed by atoms with Gasteiger partial charge in [0.25, 0.3) is 5.91 Å². The summed E-state index contributed by atoms with van der Waals surface area (Å²) in [7, 11) is 0. The topological polar surface area (TPSA) is 88.9 Å². The Morgan fingerprint density at radius 3 is 2.15 bits per heavy atom. The van der Waals surface area contributed by atoms with Crippen molar-refractivity contribution >= 4 is 29.3 Å². The second-order valence-electron chi connectivity index (χ2n) is 7.14. The van der Waals surface area contributed by atoms with Crippen molar-refractivity contribution in [3.05, 3.63) is 102 Å². The van der Waals surface area contributed by atoms with E-state index in [1.165, 1.54) is 11.8 Å². The summed E-state index contributed by atoms with van der Waals surface area (Å²) >= 11 is 1.32. The van der Waals surface area contributed by atoms with E-state index in [4.69, 9.17) is 0 Å². The van der Waals surface area contributed by atoms with Gasteiger partial charge in [-0.15, -0.1) is 10.2 Å². The number of hydrogen-bond acceptors (Lipinski definition) is 5. The van der Waals surface area contributed by atoms with E-state index >= 15 is 0 Å². The Balaban J connectivity index is 1.43. The molecule has 0 fully saturated rings. The molecular formula is C25H23N5O2S. The molecule has 3 aromatic carbocycles. The second-order valence-corrected chi connectivity index (χ2v) is 8.09. The number of amides is 2. The van der Waals surface area contributed by atoms with E-state index in [2.05, 4.69) is 20.8 Å². The van der Waals surface area contributed by atoms with Crippen LogP contribution in [0, 0.1) is 0 Å². The number of anilines is 1. The van der Waals surface area contributed by atoms with Crippen LogP contribution in [0.25, 0.3) is 5.69 Å². The predicted octanol–water partition coefficient (Wildman–Crippen LogP) is 3.97. The fourth-order valence-electron chi connectivity index (χ4n) is 3.22. The van der Waals surface area contributed by atoms with Gasteiger partial charge in [-0.2, -0.15) is 0 Å². The lowest BCUT2D eigenvalue weighted by Crippen LogP contribution is -2.26. The van der Waals surface area contributed by atoms with Crippen LogP contribution in [0.4, 0.5) is 5.69 Å². The van der Waals surface area contributed by atoms with Gasteiger partial charge < -0.3 is 10.6 Å². The second kappa shape index (κ2) is 11.1. The Kier molecular flexibility index (Phi) is 7.50. The molecule has 1 heterocycles. The molecule has 2 amide bonds. The van der Waals surface area contributed by atoms with Crippen LogP contribution in [-0.4, -0.2) is 38.9 Å². The van der Waals surface area contributed by atoms with Crippen LogP contribution in [0.15, 0.2) is 96.2 Å². The number of rotatable bonds is 9. The van der Waals surface area contributed by atoms with Gasteiger partial charge in [-0.1, -0.05) is 66.4 Å². The number of aromatic nitrogens is 3. The van der Waals surface area contributed by atoms with Crippen LogP contribution >= 0.6 is 11.8 Å². The molecule has 2 N–H and O–H groups in total. The molecule has 0 saturated carbocycles. The third-order valence-corrected chi connectivity index (χ3v) is 5.70. The number of nitrogens with one attached hydrogen (secondary N) is 2. The molecule has 0 unspecified atom stereocenters. The third-order valence-electron chi connectivity index (χ3n) is 4.77. The van der Waals surface area contributed by atoms with Crippen LogP contribution < -0.4 is 10.6 Å². The molecule has 0 aliphatic heterocycles. The minimum absolute atomic E-state index is 0.120. The monoisotopic (exact) mass is 457 g/mol. The summed E-state index contributed by atoms with van der Waals surface area (Å²) in [5.41, 5.74) is 2.27. The molecule has 0 spiro atoms. The van der Waals surface area contributed by atoms with E-state index in [1.54, 1.807) is 12.1 Å². The normalized spacial score (nSPS) is 10.5. The van der Waals surface area contributed by atoms with Gasteiger partial charge in [0, 0.05) is 29.9 Å². The minimum Gasteiger partial charge on any atom is -0.352 e. The molecule has 166 valence electrons. The molecule has 33 heavy (non-hydrogen) atoms. The lowest BCUT2D eigenvalue weighted by Gasteiger charge is -2.11. The predicted molar refractivity (Wildman–Crippen MR) is 130 cm³/mol. The molecule has 4 rings (SSSR count). The molecule has 0 radical (unpaired) electrons. The molecule has 4 aromatic rings. The Morgan fingerprint density at radius 1 is 0.818 bits per heavy atom. The highest BCUT2D eigenvalue weighted by Crippen LogP contribution is 2.22. The average Bonchev–Trinajstić information content (AvgIpc) is 3.27. The van der Waals surface area contributed by atoms with Gasteiger partial charge in [-0.05, 0) is 36.4 Å². The first kappa shape index (κ1) is 22.3. The fourth-order valence-corrected chi connectivity index (χ4v) is 3.99. The van der Waals surface area contributed by atoms with Gasteiger partial charge in [0.2, 0.25) is 5.91 Å². The number of hydrogen-bond donors (Lipinski definition) is 2. The first-order valence-corrected chi connectivity index (χ1v) is 11.5. The summed E-state index contributed by atoms with van der Waals surface area (Å²) in [6.07, 6.45) is 0.497. The van der Waals surface area contributed by atoms with Crippen LogP contribution in [0.3, 0.4) is 0 Å². The number of benzene rings is 3. The van der Waals surface area contributed by atoms with Crippen molar-refractivity contribution in [1.82, 2.24) is 20.1 Å². The van der Waals surface area contributed by atoms with Crippen molar-refractivity contribution < 1.29 is 9.59 Å². The van der Waals surface area contributed by atoms with Crippen molar-refractivity contribution in [3.63, 3.8) is 0 Å². The Hall–Kier alpha value is -3.91. The quantitative estimate of drug-likeness (QED) is 0.371. The van der Waals surface area contributed by atoms with Crippen molar-refractivity contribution in [3.8, 4) is 5.69 Å². The summed E-state index contributed by atoms with van der Waals surface area (Å²) in [5.74, 6) is 0.657. The van der Waals surface area contributed by atoms with Crippen molar-refractivity contribution in [1.29, 1.82) is 0 Å². The maximum absolute atomic E-state index is 12.4. The summed E-state index contributed by atoms with van der Waals surface area (Å²) in [4.78, 5) is 24.7. The first-order chi connectivity index (χ1) is 16.2. The van der Waals surface area contributed by atoms with Gasteiger partial charge in [-0.25, -0.2) is 0 Å². The van der Waals surface area contributed by atoms with Crippen molar-refractivity contribution in [2.75, 3.05) is 17.6 Å². The van der Waals surface area contributed by atoms with Crippen LogP contribution in [0.5, 0.6) is 0 Å². The van der Waals surface area contributed by atoms with Crippen LogP contribution in [0.1, 0.15) is 16.2 Å². The number of carbonyl (C=O) groups excluding carboxylic acids is 2. The van der Waals surface area contributed by atoms with E-state index in [9.17, 15) is 9.59 Å². The Morgan fingerprint density at radius 2 is 1.45 bits per heavy atom. The van der Waals surface area contributed by atoms with Gasteiger partial charge in [0.05, 0.1) is 5.75 Å². The van der Waals surface area contributed by atoms with E-state index in [1.807, 2.05) is 83.4 Å². The maximum atomic E-state index is 12.4.